The summed E-state index contributed by atoms with van der Waals surface area (Å²) in [5.41, 5.74) is 0.599. The SMILES string of the molecule is COc1ccc(Cl)cc1N1C(=NC(=O)C(Cc2ccccc2)NC(=O)OC(C)(C)C)SC2CS(=O)(=O)CC21. The third kappa shape index (κ3) is 6.81. The zero-order chi connectivity index (χ0) is 27.7. The van der Waals surface area contributed by atoms with E-state index in [1.165, 1.54) is 18.9 Å². The average molecular weight is 580 g/mol. The van der Waals surface area contributed by atoms with Crippen molar-refractivity contribution in [2.24, 2.45) is 4.99 Å². The number of nitrogens with one attached hydrogen (secondary N) is 1. The number of halogens is 1. The number of fused-ring (bicyclic) bond motifs is 1. The zero-order valence-electron chi connectivity index (χ0n) is 21.5. The largest absolute Gasteiger partial charge is 0.495 e. The zero-order valence-corrected chi connectivity index (χ0v) is 23.9. The van der Waals surface area contributed by atoms with E-state index < -0.39 is 39.5 Å². The number of methoxy groups -OCH3 is 1. The lowest BCUT2D eigenvalue weighted by Crippen LogP contribution is -2.45. The molecule has 12 heteroatoms. The molecule has 0 radical (unpaired) electrons. The van der Waals surface area contributed by atoms with Crippen LogP contribution in [0.3, 0.4) is 0 Å². The van der Waals surface area contributed by atoms with Gasteiger partial charge in [0.2, 0.25) is 0 Å². The molecule has 2 aromatic rings. The molecule has 0 bridgehead atoms. The first-order chi connectivity index (χ1) is 17.8. The van der Waals surface area contributed by atoms with Gasteiger partial charge in [-0.3, -0.25) is 4.79 Å². The number of aliphatic imine (C=N–C) groups is 1. The van der Waals surface area contributed by atoms with Crippen LogP contribution in [0.5, 0.6) is 5.75 Å². The summed E-state index contributed by atoms with van der Waals surface area (Å²) in [7, 11) is -1.77. The minimum atomic E-state index is -3.27. The van der Waals surface area contributed by atoms with Crippen LogP contribution in [0.15, 0.2) is 53.5 Å². The number of nitrogens with zero attached hydrogens (tertiary/aromatic N) is 2. The van der Waals surface area contributed by atoms with Crippen molar-refractivity contribution < 1.29 is 27.5 Å². The molecule has 3 unspecified atom stereocenters. The number of sulfone groups is 1. The van der Waals surface area contributed by atoms with Crippen LogP contribution in [0.25, 0.3) is 0 Å². The number of carbonyl (C=O) groups is 2. The van der Waals surface area contributed by atoms with E-state index in [4.69, 9.17) is 21.1 Å². The van der Waals surface area contributed by atoms with Gasteiger partial charge in [-0.1, -0.05) is 53.7 Å². The maximum atomic E-state index is 13.6. The molecule has 0 spiro atoms. The van der Waals surface area contributed by atoms with Crippen molar-refractivity contribution in [2.45, 2.75) is 50.1 Å². The minimum absolute atomic E-state index is 0.0292. The van der Waals surface area contributed by atoms with Crippen molar-refractivity contribution in [3.05, 3.63) is 59.1 Å². The van der Waals surface area contributed by atoms with Crippen molar-refractivity contribution in [1.29, 1.82) is 0 Å². The molecule has 9 nitrogen and oxygen atoms in total. The smallest absolute Gasteiger partial charge is 0.408 e. The van der Waals surface area contributed by atoms with Gasteiger partial charge in [-0.2, -0.15) is 4.99 Å². The first-order valence-corrected chi connectivity index (χ1v) is 15.1. The second kappa shape index (κ2) is 11.2. The molecule has 0 saturated carbocycles. The molecule has 204 valence electrons. The first-order valence-electron chi connectivity index (χ1n) is 12.0. The maximum Gasteiger partial charge on any atom is 0.408 e. The first kappa shape index (κ1) is 28.3. The van der Waals surface area contributed by atoms with E-state index in [-0.39, 0.29) is 23.2 Å². The molecule has 2 aliphatic heterocycles. The maximum absolute atomic E-state index is 13.6. The van der Waals surface area contributed by atoms with Crippen molar-refractivity contribution in [3.8, 4) is 5.75 Å². The molecule has 2 fully saturated rings. The van der Waals surface area contributed by atoms with E-state index in [1.54, 1.807) is 43.9 Å². The third-order valence-corrected chi connectivity index (χ3v) is 9.39. The van der Waals surface area contributed by atoms with E-state index in [0.29, 0.717) is 21.6 Å². The highest BCUT2D eigenvalue weighted by Crippen LogP contribution is 2.44. The number of alkyl carbamates (subject to hydrolysis) is 1. The molecule has 38 heavy (non-hydrogen) atoms. The van der Waals surface area contributed by atoms with E-state index in [9.17, 15) is 18.0 Å². The predicted octanol–water partition coefficient (Wildman–Crippen LogP) is 4.09. The Kier molecular flexibility index (Phi) is 8.29. The Hall–Kier alpha value is -2.76. The molecule has 3 atom stereocenters. The second-order valence-corrected chi connectivity index (χ2v) is 13.9. The number of ether oxygens (including phenoxy) is 2. The van der Waals surface area contributed by atoms with Gasteiger partial charge in [-0.15, -0.1) is 0 Å². The lowest BCUT2D eigenvalue weighted by Gasteiger charge is -2.27. The molecule has 2 heterocycles. The summed E-state index contributed by atoms with van der Waals surface area (Å²) in [5, 5.41) is 3.09. The Morgan fingerprint density at radius 1 is 1.18 bits per heavy atom. The van der Waals surface area contributed by atoms with Crippen LogP contribution in [-0.2, 0) is 25.8 Å². The summed E-state index contributed by atoms with van der Waals surface area (Å²) < 4.78 is 35.8. The summed E-state index contributed by atoms with van der Waals surface area (Å²) in [5.74, 6) is -0.237. The molecule has 2 aliphatic rings. The van der Waals surface area contributed by atoms with E-state index in [0.717, 1.165) is 5.56 Å². The summed E-state index contributed by atoms with van der Waals surface area (Å²) in [6, 6.07) is 12.8. The fourth-order valence-electron chi connectivity index (χ4n) is 4.37. The lowest BCUT2D eigenvalue weighted by molar-refractivity contribution is -0.119. The van der Waals surface area contributed by atoms with Crippen LogP contribution < -0.4 is 15.0 Å². The number of thioether (sulfide) groups is 1. The molecule has 2 aromatic carbocycles. The van der Waals surface area contributed by atoms with Crippen molar-refractivity contribution in [2.75, 3.05) is 23.5 Å². The van der Waals surface area contributed by atoms with E-state index >= 15 is 0 Å². The van der Waals surface area contributed by atoms with Gasteiger partial charge >= 0.3 is 6.09 Å². The quantitative estimate of drug-likeness (QED) is 0.544. The van der Waals surface area contributed by atoms with Crippen molar-refractivity contribution in [1.82, 2.24) is 5.32 Å². The highest BCUT2D eigenvalue weighted by atomic mass is 35.5. The van der Waals surface area contributed by atoms with Crippen LogP contribution in [0, 0.1) is 0 Å². The molecular formula is C26H30ClN3O6S2. The number of anilines is 1. The average Bonchev–Trinajstić information content (AvgIpc) is 3.28. The minimum Gasteiger partial charge on any atom is -0.495 e. The third-order valence-electron chi connectivity index (χ3n) is 5.94. The number of hydrogen-bond donors (Lipinski definition) is 1. The molecular weight excluding hydrogens is 550 g/mol. The van der Waals surface area contributed by atoms with Crippen molar-refractivity contribution >= 4 is 56.1 Å². The summed E-state index contributed by atoms with van der Waals surface area (Å²) in [6.45, 7) is 5.21. The number of rotatable bonds is 6. The summed E-state index contributed by atoms with van der Waals surface area (Å²) in [6.07, 6.45) is -0.537. The van der Waals surface area contributed by atoms with Gasteiger partial charge in [0.05, 0.1) is 30.3 Å². The topological polar surface area (TPSA) is 114 Å². The van der Waals surface area contributed by atoms with E-state index in [2.05, 4.69) is 10.3 Å². The Labute approximate surface area is 231 Å². The summed E-state index contributed by atoms with van der Waals surface area (Å²) >= 11 is 7.51. The Bertz CT molecular complexity index is 1340. The number of amidine groups is 1. The summed E-state index contributed by atoms with van der Waals surface area (Å²) in [4.78, 5) is 32.3. The fraction of sp³-hybridized carbons (Fsp3) is 0.423. The van der Waals surface area contributed by atoms with Crippen molar-refractivity contribution in [3.63, 3.8) is 0 Å². The molecule has 0 aliphatic carbocycles. The van der Waals surface area contributed by atoms with Crippen LogP contribution in [-0.4, -0.2) is 67.1 Å². The Morgan fingerprint density at radius 2 is 1.89 bits per heavy atom. The Balaban J connectivity index is 1.70. The Morgan fingerprint density at radius 3 is 2.55 bits per heavy atom. The van der Waals surface area contributed by atoms with Crippen LogP contribution in [0.1, 0.15) is 26.3 Å². The van der Waals surface area contributed by atoms with Gasteiger partial charge < -0.3 is 19.7 Å². The van der Waals surface area contributed by atoms with Crippen LogP contribution in [0.2, 0.25) is 5.02 Å². The number of amides is 2. The monoisotopic (exact) mass is 579 g/mol. The number of carbonyl (C=O) groups excluding carboxylic acids is 2. The predicted molar refractivity (Wildman–Crippen MR) is 150 cm³/mol. The molecule has 2 saturated heterocycles. The normalized spacial score (nSPS) is 22.1. The van der Waals surface area contributed by atoms with Gasteiger partial charge in [-0.25, -0.2) is 13.2 Å². The van der Waals surface area contributed by atoms with Gasteiger partial charge in [0, 0.05) is 16.7 Å². The number of benzene rings is 2. The highest BCUT2D eigenvalue weighted by Gasteiger charge is 2.50. The lowest BCUT2D eigenvalue weighted by atomic mass is 10.1. The van der Waals surface area contributed by atoms with Gasteiger partial charge in [-0.05, 0) is 44.5 Å². The molecule has 2 amide bonds. The van der Waals surface area contributed by atoms with Crippen LogP contribution >= 0.6 is 23.4 Å². The standard InChI is InChI=1S/C26H30ClN3O6S2/c1-26(2,3)36-25(32)28-18(12-16-8-6-5-7-9-16)23(31)29-24-30(19-13-17(27)10-11-21(19)35-4)20-14-38(33,34)15-22(20)37-24/h5-11,13,18,20,22H,12,14-15H2,1-4H3,(H,28,32). The van der Waals surface area contributed by atoms with Gasteiger partial charge in [0.1, 0.15) is 17.4 Å². The molecule has 4 rings (SSSR count). The van der Waals surface area contributed by atoms with Gasteiger partial charge in [0.25, 0.3) is 5.91 Å². The highest BCUT2D eigenvalue weighted by molar-refractivity contribution is 8.16. The van der Waals surface area contributed by atoms with Gasteiger partial charge in [0.15, 0.2) is 15.0 Å². The molecule has 0 aromatic heterocycles. The number of hydrogen-bond acceptors (Lipinski definition) is 7. The fourth-order valence-corrected chi connectivity index (χ4v) is 8.45. The van der Waals surface area contributed by atoms with Crippen LogP contribution in [0.4, 0.5) is 10.5 Å². The second-order valence-electron chi connectivity index (χ2n) is 10.1. The van der Waals surface area contributed by atoms with E-state index in [1.807, 2.05) is 30.3 Å². The molecule has 1 N–H and O–H groups in total.